The summed E-state index contributed by atoms with van der Waals surface area (Å²) in [7, 11) is 0. The fourth-order valence-corrected chi connectivity index (χ4v) is 3.71. The number of nitrogens with one attached hydrogen (secondary N) is 1. The van der Waals surface area contributed by atoms with Crippen molar-refractivity contribution in [3.05, 3.63) is 32.7 Å². The van der Waals surface area contributed by atoms with Crippen molar-refractivity contribution in [2.45, 2.75) is 31.7 Å². The van der Waals surface area contributed by atoms with Crippen LogP contribution < -0.4 is 5.32 Å². The lowest BCUT2D eigenvalue weighted by Crippen LogP contribution is -2.17. The van der Waals surface area contributed by atoms with E-state index in [2.05, 4.69) is 31.4 Å². The van der Waals surface area contributed by atoms with E-state index in [1.165, 1.54) is 12.8 Å². The highest BCUT2D eigenvalue weighted by Gasteiger charge is 2.19. The smallest absolute Gasteiger partial charge is 0.147 e. The monoisotopic (exact) mass is 371 g/mol. The number of benzene rings is 1. The van der Waals surface area contributed by atoms with Gasteiger partial charge in [0.1, 0.15) is 10.0 Å². The van der Waals surface area contributed by atoms with Gasteiger partial charge in [0.05, 0.1) is 0 Å². The minimum atomic E-state index is 0.708. The fraction of sp³-hybridized carbons (Fsp3) is 0.429. The molecular formula is C14H15BrClN3S. The Morgan fingerprint density at radius 2 is 2.15 bits per heavy atom. The summed E-state index contributed by atoms with van der Waals surface area (Å²) in [5.74, 6) is 0. The van der Waals surface area contributed by atoms with Gasteiger partial charge in [0.25, 0.3) is 0 Å². The lowest BCUT2D eigenvalue weighted by molar-refractivity contribution is 0.643. The second-order valence-corrected chi connectivity index (χ2v) is 7.41. The molecule has 1 aliphatic carbocycles. The molecule has 0 amide bonds. The Kier molecular flexibility index (Phi) is 4.71. The van der Waals surface area contributed by atoms with E-state index >= 15 is 0 Å². The molecule has 1 saturated carbocycles. The van der Waals surface area contributed by atoms with Gasteiger partial charge >= 0.3 is 0 Å². The first-order chi connectivity index (χ1) is 9.70. The van der Waals surface area contributed by atoms with Gasteiger partial charge in [-0.25, -0.2) is 0 Å². The maximum absolute atomic E-state index is 6.06. The van der Waals surface area contributed by atoms with Crippen LogP contribution in [0.1, 0.15) is 24.3 Å². The summed E-state index contributed by atoms with van der Waals surface area (Å²) in [6.45, 7) is 1.07. The lowest BCUT2D eigenvalue weighted by Gasteiger charge is -1.99. The second kappa shape index (κ2) is 6.52. The molecule has 0 saturated heterocycles. The van der Waals surface area contributed by atoms with E-state index in [-0.39, 0.29) is 0 Å². The van der Waals surface area contributed by atoms with Gasteiger partial charge in [0, 0.05) is 27.5 Å². The summed E-state index contributed by atoms with van der Waals surface area (Å²) >= 11 is 11.2. The summed E-state index contributed by atoms with van der Waals surface area (Å²) in [6, 6.07) is 6.59. The van der Waals surface area contributed by atoms with Gasteiger partial charge in [0.2, 0.25) is 0 Å². The van der Waals surface area contributed by atoms with Gasteiger partial charge in [-0.15, -0.1) is 10.2 Å². The van der Waals surface area contributed by atoms with E-state index in [9.17, 15) is 0 Å². The van der Waals surface area contributed by atoms with Crippen LogP contribution >= 0.6 is 38.9 Å². The highest BCUT2D eigenvalue weighted by atomic mass is 79.9. The molecule has 6 heteroatoms. The van der Waals surface area contributed by atoms with E-state index in [0.717, 1.165) is 45.5 Å². The molecule has 1 heterocycles. The van der Waals surface area contributed by atoms with Crippen molar-refractivity contribution in [2.75, 3.05) is 6.54 Å². The van der Waals surface area contributed by atoms with Crippen molar-refractivity contribution in [1.82, 2.24) is 15.5 Å². The Labute approximate surface area is 135 Å². The van der Waals surface area contributed by atoms with Crippen LogP contribution in [0.15, 0.2) is 22.7 Å². The minimum absolute atomic E-state index is 0.708. The first-order valence-electron chi connectivity index (χ1n) is 6.73. The Balaban J connectivity index is 1.60. The summed E-state index contributed by atoms with van der Waals surface area (Å²) in [5, 5.41) is 14.8. The molecule has 1 N–H and O–H groups in total. The Morgan fingerprint density at radius 3 is 2.90 bits per heavy atom. The van der Waals surface area contributed by atoms with Crippen molar-refractivity contribution in [1.29, 1.82) is 0 Å². The Bertz CT molecular complexity index is 578. The van der Waals surface area contributed by atoms with E-state index < -0.39 is 0 Å². The average Bonchev–Trinajstić information content (AvgIpc) is 3.10. The molecule has 1 aliphatic rings. The first-order valence-corrected chi connectivity index (χ1v) is 8.72. The molecule has 0 radical (unpaired) electrons. The number of halogens is 2. The standard InChI is InChI=1S/C14H15BrClN3S/c15-10-6-9(7-11(16)8-10)14-19-18-13(20-14)2-1-5-17-12-3-4-12/h6-8,12,17H,1-5H2. The maximum atomic E-state index is 6.06. The van der Waals surface area contributed by atoms with Gasteiger partial charge in [-0.2, -0.15) is 0 Å². The van der Waals surface area contributed by atoms with E-state index in [0.29, 0.717) is 5.02 Å². The molecule has 3 rings (SSSR count). The zero-order chi connectivity index (χ0) is 13.9. The van der Waals surface area contributed by atoms with Crippen LogP contribution in [0, 0.1) is 0 Å². The normalized spacial score (nSPS) is 14.7. The first kappa shape index (κ1) is 14.4. The van der Waals surface area contributed by atoms with Crippen LogP contribution in [0.4, 0.5) is 0 Å². The molecule has 0 bridgehead atoms. The fourth-order valence-electron chi connectivity index (χ4n) is 1.98. The van der Waals surface area contributed by atoms with Crippen LogP contribution in [0.5, 0.6) is 0 Å². The third-order valence-corrected chi connectivity index (χ3v) is 4.86. The maximum Gasteiger partial charge on any atom is 0.147 e. The highest BCUT2D eigenvalue weighted by molar-refractivity contribution is 9.10. The number of aryl methyl sites for hydroxylation is 1. The predicted octanol–water partition coefficient (Wildman–Crippen LogP) is 4.31. The number of nitrogens with zero attached hydrogens (tertiary/aromatic N) is 2. The van der Waals surface area contributed by atoms with Crippen molar-refractivity contribution in [3.63, 3.8) is 0 Å². The highest BCUT2D eigenvalue weighted by Crippen LogP contribution is 2.29. The van der Waals surface area contributed by atoms with Crippen molar-refractivity contribution >= 4 is 38.9 Å². The number of hydrogen-bond donors (Lipinski definition) is 1. The minimum Gasteiger partial charge on any atom is -0.314 e. The van der Waals surface area contributed by atoms with Gasteiger partial charge in [0.15, 0.2) is 0 Å². The molecule has 1 fully saturated rings. The lowest BCUT2D eigenvalue weighted by atomic mass is 10.2. The summed E-state index contributed by atoms with van der Waals surface area (Å²) in [4.78, 5) is 0. The van der Waals surface area contributed by atoms with Gasteiger partial charge in [-0.1, -0.05) is 38.9 Å². The van der Waals surface area contributed by atoms with Crippen molar-refractivity contribution < 1.29 is 0 Å². The SMILES string of the molecule is Clc1cc(Br)cc(-c2nnc(CCCNC3CC3)s2)c1. The Morgan fingerprint density at radius 1 is 1.30 bits per heavy atom. The van der Waals surface area contributed by atoms with Gasteiger partial charge in [-0.05, 0) is 44.0 Å². The molecule has 0 aliphatic heterocycles. The third kappa shape index (κ3) is 4.01. The van der Waals surface area contributed by atoms with E-state index in [4.69, 9.17) is 11.6 Å². The number of rotatable bonds is 6. The quantitative estimate of drug-likeness (QED) is 0.768. The van der Waals surface area contributed by atoms with Crippen LogP contribution in [-0.4, -0.2) is 22.8 Å². The van der Waals surface area contributed by atoms with Gasteiger partial charge in [-0.3, -0.25) is 0 Å². The molecule has 2 aromatic rings. The molecule has 20 heavy (non-hydrogen) atoms. The molecule has 0 unspecified atom stereocenters. The third-order valence-electron chi connectivity index (χ3n) is 3.15. The van der Waals surface area contributed by atoms with Crippen molar-refractivity contribution in [2.24, 2.45) is 0 Å². The molecule has 106 valence electrons. The summed E-state index contributed by atoms with van der Waals surface area (Å²) in [6.07, 6.45) is 4.78. The van der Waals surface area contributed by atoms with Crippen LogP contribution in [0.25, 0.3) is 10.6 Å². The Hall–Kier alpha value is -0.490. The second-order valence-electron chi connectivity index (χ2n) is 4.99. The van der Waals surface area contributed by atoms with Crippen LogP contribution in [0.2, 0.25) is 5.02 Å². The zero-order valence-electron chi connectivity index (χ0n) is 10.9. The van der Waals surface area contributed by atoms with Gasteiger partial charge < -0.3 is 5.32 Å². The topological polar surface area (TPSA) is 37.8 Å². The molecule has 0 atom stereocenters. The summed E-state index contributed by atoms with van der Waals surface area (Å²) in [5.41, 5.74) is 1.02. The molecular weight excluding hydrogens is 358 g/mol. The van der Waals surface area contributed by atoms with Crippen LogP contribution in [0.3, 0.4) is 0 Å². The van der Waals surface area contributed by atoms with Crippen molar-refractivity contribution in [3.8, 4) is 10.6 Å². The van der Waals surface area contributed by atoms with E-state index in [1.54, 1.807) is 11.3 Å². The average molecular weight is 373 g/mol. The largest absolute Gasteiger partial charge is 0.314 e. The number of aromatic nitrogens is 2. The van der Waals surface area contributed by atoms with E-state index in [1.807, 2.05) is 18.2 Å². The molecule has 3 nitrogen and oxygen atoms in total. The number of hydrogen-bond acceptors (Lipinski definition) is 4. The molecule has 1 aromatic carbocycles. The predicted molar refractivity (Wildman–Crippen MR) is 87.4 cm³/mol. The molecule has 0 spiro atoms. The van der Waals surface area contributed by atoms with Crippen LogP contribution in [-0.2, 0) is 6.42 Å². The molecule has 1 aromatic heterocycles. The summed E-state index contributed by atoms with van der Waals surface area (Å²) < 4.78 is 0.963. The zero-order valence-corrected chi connectivity index (χ0v) is 14.1.